The van der Waals surface area contributed by atoms with Gasteiger partial charge in [-0.05, 0) is 68.1 Å². The van der Waals surface area contributed by atoms with E-state index in [9.17, 15) is 8.42 Å². The minimum absolute atomic E-state index is 0.126. The average molecular weight is 434 g/mol. The smallest absolute Gasteiger partial charge is 0.241 e. The fraction of sp³-hybridized carbons (Fsp3) is 0.478. The van der Waals surface area contributed by atoms with Gasteiger partial charge in [0.05, 0.1) is 25.2 Å². The van der Waals surface area contributed by atoms with Crippen molar-refractivity contribution < 1.29 is 22.6 Å². The number of hydrogen-bond donors (Lipinski definition) is 1. The van der Waals surface area contributed by atoms with Crippen molar-refractivity contribution in [3.63, 3.8) is 0 Å². The highest BCUT2D eigenvalue weighted by molar-refractivity contribution is 7.89. The van der Waals surface area contributed by atoms with E-state index in [0.717, 1.165) is 11.1 Å². The summed E-state index contributed by atoms with van der Waals surface area (Å²) in [4.78, 5) is 0.265. The van der Waals surface area contributed by atoms with E-state index in [0.29, 0.717) is 29.2 Å². The van der Waals surface area contributed by atoms with E-state index < -0.39 is 21.7 Å². The van der Waals surface area contributed by atoms with Gasteiger partial charge in [-0.2, -0.15) is 0 Å². The number of benzene rings is 2. The molecule has 1 N–H and O–H groups in total. The molecule has 3 rings (SSSR count). The molecule has 164 valence electrons. The van der Waals surface area contributed by atoms with E-state index in [1.165, 1.54) is 0 Å². The highest BCUT2D eigenvalue weighted by atomic mass is 32.2. The zero-order chi connectivity index (χ0) is 22.3. The molecular formula is C23H31NO5S. The molecule has 0 unspecified atom stereocenters. The maximum Gasteiger partial charge on any atom is 0.241 e. The standard InChI is InChI=1S/C23H31NO5S/c1-14(2)17-12-22(15(3)10-21(17)28-7)30(25,26)24-19-13-23(4,5)29-20-9-8-16(27-6)11-18(19)20/h8-12,14,19,24H,13H2,1-7H3/t19-/m1/s1. The van der Waals surface area contributed by atoms with E-state index >= 15 is 0 Å². The third kappa shape index (κ3) is 4.42. The minimum atomic E-state index is -3.79. The molecule has 1 aliphatic heterocycles. The Morgan fingerprint density at radius 1 is 1.13 bits per heavy atom. The van der Waals surface area contributed by atoms with Crippen molar-refractivity contribution in [2.75, 3.05) is 14.2 Å². The number of fused-ring (bicyclic) bond motifs is 1. The van der Waals surface area contributed by atoms with Gasteiger partial charge in [0, 0.05) is 12.0 Å². The number of aryl methyl sites for hydroxylation is 1. The quantitative estimate of drug-likeness (QED) is 0.714. The van der Waals surface area contributed by atoms with Crippen LogP contribution in [-0.4, -0.2) is 28.2 Å². The lowest BCUT2D eigenvalue weighted by atomic mass is 9.90. The van der Waals surface area contributed by atoms with Crippen LogP contribution in [0.4, 0.5) is 0 Å². The van der Waals surface area contributed by atoms with Crippen LogP contribution in [0.25, 0.3) is 0 Å². The number of nitrogens with one attached hydrogen (secondary N) is 1. The van der Waals surface area contributed by atoms with Crippen LogP contribution < -0.4 is 18.9 Å². The molecule has 2 aromatic carbocycles. The van der Waals surface area contributed by atoms with Crippen molar-refractivity contribution in [3.05, 3.63) is 47.0 Å². The molecule has 30 heavy (non-hydrogen) atoms. The van der Waals surface area contributed by atoms with Crippen LogP contribution in [0.3, 0.4) is 0 Å². The first-order valence-corrected chi connectivity index (χ1v) is 11.5. The first-order chi connectivity index (χ1) is 14.0. The largest absolute Gasteiger partial charge is 0.497 e. The highest BCUT2D eigenvalue weighted by Crippen LogP contribution is 2.42. The summed E-state index contributed by atoms with van der Waals surface area (Å²) in [6.07, 6.45) is 0.499. The average Bonchev–Trinajstić information content (AvgIpc) is 2.65. The van der Waals surface area contributed by atoms with Crippen LogP contribution in [0.1, 0.15) is 62.8 Å². The van der Waals surface area contributed by atoms with Crippen molar-refractivity contribution in [1.29, 1.82) is 0 Å². The molecule has 7 heteroatoms. The molecular weight excluding hydrogens is 402 g/mol. The van der Waals surface area contributed by atoms with Crippen LogP contribution in [0.2, 0.25) is 0 Å². The van der Waals surface area contributed by atoms with E-state index in [2.05, 4.69) is 4.72 Å². The molecule has 2 aromatic rings. The second-order valence-electron chi connectivity index (χ2n) is 8.66. The normalized spacial score (nSPS) is 17.9. The molecule has 0 radical (unpaired) electrons. The maximum absolute atomic E-state index is 13.4. The van der Waals surface area contributed by atoms with Gasteiger partial charge in [-0.25, -0.2) is 13.1 Å². The predicted molar refractivity (Wildman–Crippen MR) is 117 cm³/mol. The van der Waals surface area contributed by atoms with Crippen LogP contribution >= 0.6 is 0 Å². The third-order valence-electron chi connectivity index (χ3n) is 5.41. The summed E-state index contributed by atoms with van der Waals surface area (Å²) in [6.45, 7) is 9.72. The summed E-state index contributed by atoms with van der Waals surface area (Å²) in [5.41, 5.74) is 1.76. The second kappa shape index (κ2) is 8.12. The Morgan fingerprint density at radius 2 is 1.83 bits per heavy atom. The Kier molecular flexibility index (Phi) is 6.07. The summed E-state index contributed by atoms with van der Waals surface area (Å²) >= 11 is 0. The number of sulfonamides is 1. The number of ether oxygens (including phenoxy) is 3. The number of rotatable bonds is 6. The third-order valence-corrected chi connectivity index (χ3v) is 7.02. The molecule has 1 heterocycles. The van der Waals surface area contributed by atoms with Gasteiger partial charge in [0.15, 0.2) is 0 Å². The molecule has 0 aliphatic carbocycles. The highest BCUT2D eigenvalue weighted by Gasteiger charge is 2.37. The topological polar surface area (TPSA) is 73.9 Å². The molecule has 0 spiro atoms. The summed E-state index contributed by atoms with van der Waals surface area (Å²) < 4.78 is 46.7. The molecule has 0 fully saturated rings. The summed E-state index contributed by atoms with van der Waals surface area (Å²) in [6, 6.07) is 8.54. The van der Waals surface area contributed by atoms with Gasteiger partial charge in [-0.1, -0.05) is 13.8 Å². The van der Waals surface area contributed by atoms with Gasteiger partial charge in [-0.15, -0.1) is 0 Å². The van der Waals surface area contributed by atoms with Crippen molar-refractivity contribution in [1.82, 2.24) is 4.72 Å². The van der Waals surface area contributed by atoms with Crippen LogP contribution in [-0.2, 0) is 10.0 Å². The van der Waals surface area contributed by atoms with Gasteiger partial charge >= 0.3 is 0 Å². The van der Waals surface area contributed by atoms with Gasteiger partial charge in [-0.3, -0.25) is 0 Å². The van der Waals surface area contributed by atoms with Crippen molar-refractivity contribution in [2.24, 2.45) is 0 Å². The molecule has 1 aliphatic rings. The first kappa shape index (κ1) is 22.4. The van der Waals surface area contributed by atoms with Gasteiger partial charge in [0.25, 0.3) is 0 Å². The van der Waals surface area contributed by atoms with Crippen LogP contribution in [0.15, 0.2) is 35.2 Å². The minimum Gasteiger partial charge on any atom is -0.497 e. The monoisotopic (exact) mass is 433 g/mol. The summed E-state index contributed by atoms with van der Waals surface area (Å²) in [5, 5.41) is 0. The zero-order valence-electron chi connectivity index (χ0n) is 18.7. The Hall–Kier alpha value is -2.25. The molecule has 6 nitrogen and oxygen atoms in total. The Morgan fingerprint density at radius 3 is 2.43 bits per heavy atom. The second-order valence-corrected chi connectivity index (χ2v) is 10.3. The molecule has 1 atom stereocenters. The Labute approximate surface area is 179 Å². The molecule has 0 saturated carbocycles. The number of hydrogen-bond acceptors (Lipinski definition) is 5. The molecule has 0 bridgehead atoms. The number of methoxy groups -OCH3 is 2. The van der Waals surface area contributed by atoms with Gasteiger partial charge in [0.1, 0.15) is 22.8 Å². The molecule has 0 amide bonds. The van der Waals surface area contributed by atoms with E-state index in [1.807, 2.05) is 45.9 Å². The predicted octanol–water partition coefficient (Wildman–Crippen LogP) is 4.72. The first-order valence-electron chi connectivity index (χ1n) is 10.0. The van der Waals surface area contributed by atoms with Crippen LogP contribution in [0, 0.1) is 6.92 Å². The lowest BCUT2D eigenvalue weighted by molar-refractivity contribution is 0.0700. The van der Waals surface area contributed by atoms with Gasteiger partial charge in [0.2, 0.25) is 10.0 Å². The SMILES string of the molecule is COc1ccc2c(c1)[C@H](NS(=O)(=O)c1cc(C(C)C)c(OC)cc1C)CC(C)(C)O2. The fourth-order valence-corrected chi connectivity index (χ4v) is 5.39. The van der Waals surface area contributed by atoms with Crippen LogP contribution in [0.5, 0.6) is 17.2 Å². The van der Waals surface area contributed by atoms with Crippen molar-refractivity contribution in [2.45, 2.75) is 63.5 Å². The fourth-order valence-electron chi connectivity index (χ4n) is 3.91. The van der Waals surface area contributed by atoms with Crippen molar-refractivity contribution >= 4 is 10.0 Å². The van der Waals surface area contributed by atoms with E-state index in [1.54, 1.807) is 33.3 Å². The maximum atomic E-state index is 13.4. The lowest BCUT2D eigenvalue weighted by Crippen LogP contribution is -2.41. The van der Waals surface area contributed by atoms with E-state index in [4.69, 9.17) is 14.2 Å². The molecule has 0 saturated heterocycles. The summed E-state index contributed by atoms with van der Waals surface area (Å²) in [7, 11) is -0.601. The zero-order valence-corrected chi connectivity index (χ0v) is 19.5. The Bertz CT molecular complexity index is 1040. The Balaban J connectivity index is 2.05. The lowest BCUT2D eigenvalue weighted by Gasteiger charge is -2.38. The van der Waals surface area contributed by atoms with Gasteiger partial charge < -0.3 is 14.2 Å². The summed E-state index contributed by atoms with van der Waals surface area (Å²) in [5.74, 6) is 2.14. The molecule has 0 aromatic heterocycles. The van der Waals surface area contributed by atoms with E-state index in [-0.39, 0.29) is 10.8 Å². The van der Waals surface area contributed by atoms with Crippen molar-refractivity contribution in [3.8, 4) is 17.2 Å².